The molecule has 0 aliphatic heterocycles. The summed E-state index contributed by atoms with van der Waals surface area (Å²) in [6.45, 7) is 7.13. The summed E-state index contributed by atoms with van der Waals surface area (Å²) >= 11 is 0. The molecule has 25 heavy (non-hydrogen) atoms. The van der Waals surface area contributed by atoms with Crippen molar-refractivity contribution in [3.8, 4) is 0 Å². The monoisotopic (exact) mass is 367 g/mol. The van der Waals surface area contributed by atoms with Crippen molar-refractivity contribution in [3.05, 3.63) is 47.5 Å². The summed E-state index contributed by atoms with van der Waals surface area (Å²) < 4.78 is 5.51. The minimum atomic E-state index is -0.796. The van der Waals surface area contributed by atoms with E-state index in [2.05, 4.69) is 24.8 Å². The largest absolute Gasteiger partial charge is 0.464 e. The fraction of sp³-hybridized carbons (Fsp3) is 0.550. The third kappa shape index (κ3) is 6.14. The number of carbonyl (C=O) groups is 1. The summed E-state index contributed by atoms with van der Waals surface area (Å²) in [4.78, 5) is 14.9. The van der Waals surface area contributed by atoms with E-state index in [0.717, 1.165) is 50.0 Å². The first-order valence-electron chi connectivity index (χ1n) is 8.98. The maximum absolute atomic E-state index is 12.7. The number of ether oxygens (including phenoxy) is 1. The van der Waals surface area contributed by atoms with E-state index in [1.54, 1.807) is 0 Å². The minimum absolute atomic E-state index is 0. The minimum Gasteiger partial charge on any atom is -0.464 e. The third-order valence-electron chi connectivity index (χ3n) is 4.73. The number of allylic oxidation sites excluding steroid dienone is 1. The zero-order valence-corrected chi connectivity index (χ0v) is 16.0. The number of aliphatic hydroxyl groups is 1. The standard InChI is InChI=1S/C20H29NO3.ClH/c1-3-21(4-2)14-15-24-20(23)18(16-10-6-5-7-11-16)19(22)17-12-8-9-13-17;/h5-7,10-12,18-19,22H,3-4,8-9,13-15H2,1-2H3;1H. The molecule has 0 saturated carbocycles. The number of halogens is 1. The molecule has 5 heteroatoms. The van der Waals surface area contributed by atoms with Gasteiger partial charge in [-0.25, -0.2) is 0 Å². The highest BCUT2D eigenvalue weighted by atomic mass is 35.5. The van der Waals surface area contributed by atoms with Crippen LogP contribution in [0, 0.1) is 0 Å². The van der Waals surface area contributed by atoms with Gasteiger partial charge in [0.05, 0.1) is 6.10 Å². The van der Waals surface area contributed by atoms with Crippen LogP contribution in [0.3, 0.4) is 0 Å². The molecule has 0 heterocycles. The van der Waals surface area contributed by atoms with Crippen LogP contribution in [0.4, 0.5) is 0 Å². The van der Waals surface area contributed by atoms with E-state index in [1.807, 2.05) is 30.3 Å². The first kappa shape index (κ1) is 21.7. The summed E-state index contributed by atoms with van der Waals surface area (Å²) in [6, 6.07) is 9.46. The number of esters is 1. The number of carbonyl (C=O) groups excluding carboxylic acids is 1. The molecule has 140 valence electrons. The van der Waals surface area contributed by atoms with Gasteiger partial charge in [0.2, 0.25) is 0 Å². The SMILES string of the molecule is CCN(CC)CCOC(=O)C(c1ccccc1)C(O)C1=CCCC1.Cl. The summed E-state index contributed by atoms with van der Waals surface area (Å²) in [5.74, 6) is -0.985. The molecule has 0 bridgehead atoms. The van der Waals surface area contributed by atoms with Gasteiger partial charge in [-0.3, -0.25) is 4.79 Å². The van der Waals surface area contributed by atoms with Crippen LogP contribution in [0.1, 0.15) is 44.6 Å². The average Bonchev–Trinajstić information content (AvgIpc) is 3.14. The summed E-state index contributed by atoms with van der Waals surface area (Å²) in [5.41, 5.74) is 1.77. The first-order valence-corrected chi connectivity index (χ1v) is 8.98. The van der Waals surface area contributed by atoms with Crippen molar-refractivity contribution in [1.82, 2.24) is 4.90 Å². The maximum atomic E-state index is 12.7. The lowest BCUT2D eigenvalue weighted by Gasteiger charge is -2.24. The Hall–Kier alpha value is -1.36. The first-order chi connectivity index (χ1) is 11.7. The van der Waals surface area contributed by atoms with E-state index in [9.17, 15) is 9.90 Å². The molecule has 1 aromatic rings. The second-order valence-corrected chi connectivity index (χ2v) is 6.20. The fourth-order valence-corrected chi connectivity index (χ4v) is 3.19. The van der Waals surface area contributed by atoms with Gasteiger partial charge in [-0.1, -0.05) is 50.3 Å². The van der Waals surface area contributed by atoms with Crippen LogP contribution in [0.5, 0.6) is 0 Å². The Balaban J connectivity index is 0.00000312. The van der Waals surface area contributed by atoms with Gasteiger partial charge in [-0.15, -0.1) is 12.4 Å². The zero-order chi connectivity index (χ0) is 17.4. The van der Waals surface area contributed by atoms with Crippen LogP contribution in [0.2, 0.25) is 0 Å². The molecule has 0 spiro atoms. The number of rotatable bonds is 9. The second-order valence-electron chi connectivity index (χ2n) is 6.20. The fourth-order valence-electron chi connectivity index (χ4n) is 3.19. The van der Waals surface area contributed by atoms with Gasteiger partial charge in [-0.2, -0.15) is 0 Å². The Bertz CT molecular complexity index is 543. The number of aliphatic hydroxyl groups excluding tert-OH is 1. The number of hydrogen-bond donors (Lipinski definition) is 1. The zero-order valence-electron chi connectivity index (χ0n) is 15.2. The molecule has 0 aromatic heterocycles. The van der Waals surface area contributed by atoms with E-state index in [4.69, 9.17) is 4.74 Å². The van der Waals surface area contributed by atoms with E-state index >= 15 is 0 Å². The lowest BCUT2D eigenvalue weighted by atomic mass is 9.88. The molecule has 2 unspecified atom stereocenters. The highest BCUT2D eigenvalue weighted by molar-refractivity contribution is 5.85. The van der Waals surface area contributed by atoms with Gasteiger partial charge < -0.3 is 14.7 Å². The molecular weight excluding hydrogens is 338 g/mol. The van der Waals surface area contributed by atoms with Crippen molar-refractivity contribution in [1.29, 1.82) is 0 Å². The lowest BCUT2D eigenvalue weighted by Crippen LogP contribution is -2.32. The average molecular weight is 368 g/mol. The maximum Gasteiger partial charge on any atom is 0.316 e. The normalized spacial score (nSPS) is 16.1. The smallest absolute Gasteiger partial charge is 0.316 e. The highest BCUT2D eigenvalue weighted by Crippen LogP contribution is 2.31. The molecule has 1 aliphatic carbocycles. The quantitative estimate of drug-likeness (QED) is 0.535. The number of likely N-dealkylation sites (N-methyl/N-ethyl adjacent to an activating group) is 1. The summed E-state index contributed by atoms with van der Waals surface area (Å²) in [5, 5.41) is 10.8. The van der Waals surface area contributed by atoms with E-state index < -0.39 is 12.0 Å². The van der Waals surface area contributed by atoms with Crippen LogP contribution in [-0.2, 0) is 9.53 Å². The Morgan fingerprint density at radius 2 is 1.92 bits per heavy atom. The Kier molecular flexibility index (Phi) is 9.79. The third-order valence-corrected chi connectivity index (χ3v) is 4.73. The van der Waals surface area contributed by atoms with Crippen LogP contribution >= 0.6 is 12.4 Å². The van der Waals surface area contributed by atoms with Crippen molar-refractivity contribution in [2.75, 3.05) is 26.2 Å². The van der Waals surface area contributed by atoms with Gasteiger partial charge in [0.15, 0.2) is 0 Å². The molecular formula is C20H30ClNO3. The number of benzene rings is 1. The van der Waals surface area contributed by atoms with Gasteiger partial charge >= 0.3 is 5.97 Å². The van der Waals surface area contributed by atoms with Crippen molar-refractivity contribution in [3.63, 3.8) is 0 Å². The van der Waals surface area contributed by atoms with Crippen LogP contribution in [-0.4, -0.2) is 48.3 Å². The molecule has 0 fully saturated rings. The molecule has 1 N–H and O–H groups in total. The summed E-state index contributed by atoms with van der Waals surface area (Å²) in [7, 11) is 0. The van der Waals surface area contributed by atoms with Crippen LogP contribution < -0.4 is 0 Å². The predicted molar refractivity (Wildman–Crippen MR) is 103 cm³/mol. The summed E-state index contributed by atoms with van der Waals surface area (Å²) in [6.07, 6.45) is 4.15. The Morgan fingerprint density at radius 3 is 2.48 bits per heavy atom. The lowest BCUT2D eigenvalue weighted by molar-refractivity contribution is -0.148. The van der Waals surface area contributed by atoms with Crippen molar-refractivity contribution < 1.29 is 14.6 Å². The van der Waals surface area contributed by atoms with Crippen molar-refractivity contribution in [2.24, 2.45) is 0 Å². The van der Waals surface area contributed by atoms with Gasteiger partial charge in [0.25, 0.3) is 0 Å². The van der Waals surface area contributed by atoms with Crippen molar-refractivity contribution >= 4 is 18.4 Å². The van der Waals surface area contributed by atoms with E-state index in [1.165, 1.54) is 0 Å². The Morgan fingerprint density at radius 1 is 1.24 bits per heavy atom. The van der Waals surface area contributed by atoms with E-state index in [0.29, 0.717) is 6.61 Å². The number of hydrogen-bond acceptors (Lipinski definition) is 4. The second kappa shape index (κ2) is 11.3. The van der Waals surface area contributed by atoms with Gasteiger partial charge in [0, 0.05) is 6.54 Å². The number of nitrogens with zero attached hydrogens (tertiary/aromatic N) is 1. The molecule has 4 nitrogen and oxygen atoms in total. The molecule has 1 aromatic carbocycles. The van der Waals surface area contributed by atoms with Crippen LogP contribution in [0.25, 0.3) is 0 Å². The molecule has 2 rings (SSSR count). The highest BCUT2D eigenvalue weighted by Gasteiger charge is 2.33. The molecule has 1 aliphatic rings. The Labute approximate surface area is 157 Å². The topological polar surface area (TPSA) is 49.8 Å². The van der Waals surface area contributed by atoms with E-state index in [-0.39, 0.29) is 18.4 Å². The van der Waals surface area contributed by atoms with Gasteiger partial charge in [-0.05, 0) is 43.5 Å². The van der Waals surface area contributed by atoms with Gasteiger partial charge in [0.1, 0.15) is 12.5 Å². The molecule has 0 saturated heterocycles. The molecule has 0 amide bonds. The molecule has 2 atom stereocenters. The predicted octanol–water partition coefficient (Wildman–Crippen LogP) is 3.55. The molecule has 0 radical (unpaired) electrons. The van der Waals surface area contributed by atoms with Crippen molar-refractivity contribution in [2.45, 2.75) is 45.1 Å². The van der Waals surface area contributed by atoms with Crippen LogP contribution in [0.15, 0.2) is 42.0 Å².